The van der Waals surface area contributed by atoms with Gasteiger partial charge in [0.25, 0.3) is 0 Å². The number of carbonyl (C=O) groups is 3. The number of nitrogens with zero attached hydrogens (tertiary/aromatic N) is 2. The SMILES string of the molecule is COC(=O)C1CN(C(=O)CCc2ccccn2)CCC1=O. The number of ether oxygens (including phenoxy) is 1. The van der Waals surface area contributed by atoms with Crippen LogP contribution >= 0.6 is 0 Å². The van der Waals surface area contributed by atoms with E-state index in [0.717, 1.165) is 5.69 Å². The number of amides is 1. The molecule has 0 radical (unpaired) electrons. The van der Waals surface area contributed by atoms with Crippen molar-refractivity contribution in [2.24, 2.45) is 5.92 Å². The zero-order chi connectivity index (χ0) is 15.2. The predicted molar refractivity (Wildman–Crippen MR) is 74.3 cm³/mol. The summed E-state index contributed by atoms with van der Waals surface area (Å²) < 4.78 is 4.61. The number of ketones is 1. The van der Waals surface area contributed by atoms with Crippen molar-refractivity contribution in [3.8, 4) is 0 Å². The molecule has 1 fully saturated rings. The van der Waals surface area contributed by atoms with Crippen LogP contribution in [-0.2, 0) is 25.5 Å². The third-order valence-corrected chi connectivity index (χ3v) is 3.58. The summed E-state index contributed by atoms with van der Waals surface area (Å²) in [7, 11) is 1.25. The number of rotatable bonds is 4. The third kappa shape index (κ3) is 3.87. The predicted octanol–water partition coefficient (Wildman–Crippen LogP) is 0.605. The monoisotopic (exact) mass is 290 g/mol. The number of Topliss-reactive ketones (excluding diaryl/α,β-unsaturated/α-hetero) is 1. The van der Waals surface area contributed by atoms with Crippen LogP contribution in [0.1, 0.15) is 18.5 Å². The van der Waals surface area contributed by atoms with E-state index in [4.69, 9.17) is 0 Å². The van der Waals surface area contributed by atoms with E-state index in [1.165, 1.54) is 7.11 Å². The first-order valence-corrected chi connectivity index (χ1v) is 6.90. The van der Waals surface area contributed by atoms with E-state index in [9.17, 15) is 14.4 Å². The van der Waals surface area contributed by atoms with Crippen molar-refractivity contribution in [3.63, 3.8) is 0 Å². The van der Waals surface area contributed by atoms with Gasteiger partial charge in [-0.15, -0.1) is 0 Å². The highest BCUT2D eigenvalue weighted by Crippen LogP contribution is 2.16. The molecular weight excluding hydrogens is 272 g/mol. The van der Waals surface area contributed by atoms with Crippen LogP contribution in [0.25, 0.3) is 0 Å². The van der Waals surface area contributed by atoms with Crippen LogP contribution in [0.15, 0.2) is 24.4 Å². The molecule has 0 bridgehead atoms. The van der Waals surface area contributed by atoms with Gasteiger partial charge in [-0.3, -0.25) is 19.4 Å². The minimum Gasteiger partial charge on any atom is -0.468 e. The summed E-state index contributed by atoms with van der Waals surface area (Å²) in [5.74, 6) is -1.64. The van der Waals surface area contributed by atoms with E-state index < -0.39 is 11.9 Å². The van der Waals surface area contributed by atoms with Gasteiger partial charge in [0.15, 0.2) is 5.78 Å². The lowest BCUT2D eigenvalue weighted by atomic mass is 9.96. The van der Waals surface area contributed by atoms with Gasteiger partial charge in [-0.2, -0.15) is 0 Å². The molecule has 0 aliphatic carbocycles. The van der Waals surface area contributed by atoms with Gasteiger partial charge in [-0.05, 0) is 18.6 Å². The van der Waals surface area contributed by atoms with Crippen LogP contribution in [0.2, 0.25) is 0 Å². The highest BCUT2D eigenvalue weighted by atomic mass is 16.5. The van der Waals surface area contributed by atoms with Crippen molar-refractivity contribution in [2.45, 2.75) is 19.3 Å². The Bertz CT molecular complexity index is 522. The Morgan fingerprint density at radius 1 is 1.43 bits per heavy atom. The van der Waals surface area contributed by atoms with Crippen molar-refractivity contribution in [1.29, 1.82) is 0 Å². The number of aryl methyl sites for hydroxylation is 1. The van der Waals surface area contributed by atoms with E-state index in [1.54, 1.807) is 11.1 Å². The maximum Gasteiger partial charge on any atom is 0.318 e. The quantitative estimate of drug-likeness (QED) is 0.599. The van der Waals surface area contributed by atoms with Gasteiger partial charge in [0.2, 0.25) is 5.91 Å². The van der Waals surface area contributed by atoms with Gasteiger partial charge >= 0.3 is 5.97 Å². The fourth-order valence-corrected chi connectivity index (χ4v) is 2.35. The van der Waals surface area contributed by atoms with E-state index >= 15 is 0 Å². The van der Waals surface area contributed by atoms with Gasteiger partial charge in [0.1, 0.15) is 5.92 Å². The number of carbonyl (C=O) groups excluding carboxylic acids is 3. The fourth-order valence-electron chi connectivity index (χ4n) is 2.35. The molecule has 21 heavy (non-hydrogen) atoms. The second kappa shape index (κ2) is 6.97. The zero-order valence-electron chi connectivity index (χ0n) is 11.9. The maximum absolute atomic E-state index is 12.2. The maximum atomic E-state index is 12.2. The van der Waals surface area contributed by atoms with E-state index in [1.807, 2.05) is 18.2 Å². The molecule has 6 nitrogen and oxygen atoms in total. The molecule has 2 heterocycles. The second-order valence-electron chi connectivity index (χ2n) is 4.95. The summed E-state index contributed by atoms with van der Waals surface area (Å²) in [6.07, 6.45) is 2.76. The molecule has 6 heteroatoms. The van der Waals surface area contributed by atoms with Gasteiger partial charge < -0.3 is 9.64 Å². The average molecular weight is 290 g/mol. The van der Waals surface area contributed by atoms with Crippen molar-refractivity contribution < 1.29 is 19.1 Å². The summed E-state index contributed by atoms with van der Waals surface area (Å²) in [6, 6.07) is 5.56. The van der Waals surface area contributed by atoms with E-state index in [-0.39, 0.29) is 24.7 Å². The molecule has 1 atom stereocenters. The number of hydrogen-bond acceptors (Lipinski definition) is 5. The Balaban J connectivity index is 1.90. The van der Waals surface area contributed by atoms with Crippen molar-refractivity contribution in [1.82, 2.24) is 9.88 Å². The van der Waals surface area contributed by atoms with Crippen molar-refractivity contribution in [3.05, 3.63) is 30.1 Å². The van der Waals surface area contributed by atoms with Gasteiger partial charge in [-0.25, -0.2) is 0 Å². The first-order valence-electron chi connectivity index (χ1n) is 6.90. The second-order valence-corrected chi connectivity index (χ2v) is 4.95. The van der Waals surface area contributed by atoms with Crippen LogP contribution in [0.4, 0.5) is 0 Å². The molecule has 0 aromatic carbocycles. The van der Waals surface area contributed by atoms with Crippen LogP contribution in [-0.4, -0.2) is 47.7 Å². The number of aromatic nitrogens is 1. The van der Waals surface area contributed by atoms with Gasteiger partial charge in [-0.1, -0.05) is 6.07 Å². The molecular formula is C15H18N2O4. The number of hydrogen-bond donors (Lipinski definition) is 0. The number of methoxy groups -OCH3 is 1. The van der Waals surface area contributed by atoms with Crippen LogP contribution < -0.4 is 0 Å². The van der Waals surface area contributed by atoms with E-state index in [0.29, 0.717) is 19.4 Å². The Morgan fingerprint density at radius 2 is 2.24 bits per heavy atom. The lowest BCUT2D eigenvalue weighted by Gasteiger charge is -2.30. The average Bonchev–Trinajstić information content (AvgIpc) is 2.53. The number of pyridine rings is 1. The third-order valence-electron chi connectivity index (χ3n) is 3.58. The fraction of sp³-hybridized carbons (Fsp3) is 0.467. The van der Waals surface area contributed by atoms with Crippen LogP contribution in [0, 0.1) is 5.92 Å². The van der Waals surface area contributed by atoms with E-state index in [2.05, 4.69) is 9.72 Å². The molecule has 1 saturated heterocycles. The molecule has 2 rings (SSSR count). The Hall–Kier alpha value is -2.24. The minimum absolute atomic E-state index is 0.0675. The standard InChI is InChI=1S/C15H18N2O4/c1-21-15(20)12-10-17(9-7-13(12)18)14(19)6-5-11-4-2-3-8-16-11/h2-4,8,12H,5-7,9-10H2,1H3. The first kappa shape index (κ1) is 15.2. The molecule has 1 aliphatic rings. The van der Waals surface area contributed by atoms with Crippen LogP contribution in [0.5, 0.6) is 0 Å². The normalized spacial score (nSPS) is 18.4. The number of piperidine rings is 1. The Morgan fingerprint density at radius 3 is 2.90 bits per heavy atom. The lowest BCUT2D eigenvalue weighted by molar-refractivity contribution is -0.153. The van der Waals surface area contributed by atoms with Gasteiger partial charge in [0.05, 0.1) is 7.11 Å². The van der Waals surface area contributed by atoms with Crippen molar-refractivity contribution >= 4 is 17.7 Å². The molecule has 0 spiro atoms. The topological polar surface area (TPSA) is 76.6 Å². The molecule has 1 aromatic heterocycles. The summed E-state index contributed by atoms with van der Waals surface area (Å²) >= 11 is 0. The van der Waals surface area contributed by atoms with Crippen LogP contribution in [0.3, 0.4) is 0 Å². The zero-order valence-corrected chi connectivity index (χ0v) is 11.9. The smallest absolute Gasteiger partial charge is 0.318 e. The molecule has 1 aliphatic heterocycles. The molecule has 0 N–H and O–H groups in total. The summed E-state index contributed by atoms with van der Waals surface area (Å²) in [5.41, 5.74) is 0.850. The highest BCUT2D eigenvalue weighted by Gasteiger charge is 2.35. The summed E-state index contributed by atoms with van der Waals surface area (Å²) in [5, 5.41) is 0. The molecule has 1 amide bonds. The Labute approximate surface area is 123 Å². The number of esters is 1. The Kier molecular flexibility index (Phi) is 5.03. The molecule has 112 valence electrons. The largest absolute Gasteiger partial charge is 0.468 e. The molecule has 1 aromatic rings. The lowest BCUT2D eigenvalue weighted by Crippen LogP contribution is -2.47. The molecule has 0 saturated carbocycles. The van der Waals surface area contributed by atoms with Crippen molar-refractivity contribution in [2.75, 3.05) is 20.2 Å². The molecule has 1 unspecified atom stereocenters. The minimum atomic E-state index is -0.845. The number of likely N-dealkylation sites (tertiary alicyclic amines) is 1. The summed E-state index contributed by atoms with van der Waals surface area (Å²) in [6.45, 7) is 0.486. The summed E-state index contributed by atoms with van der Waals surface area (Å²) in [4.78, 5) is 41.1. The highest BCUT2D eigenvalue weighted by molar-refractivity contribution is 6.00. The van der Waals surface area contributed by atoms with Gasteiger partial charge in [0, 0.05) is 37.8 Å². The first-order chi connectivity index (χ1) is 10.1.